The maximum absolute atomic E-state index is 12.0. The van der Waals surface area contributed by atoms with Crippen LogP contribution in [0.1, 0.15) is 5.56 Å². The van der Waals surface area contributed by atoms with Crippen molar-refractivity contribution in [2.75, 3.05) is 13.1 Å². The Kier molecular flexibility index (Phi) is 4.52. The molecule has 1 aliphatic heterocycles. The number of benzene rings is 1. The molecule has 1 heterocycles. The summed E-state index contributed by atoms with van der Waals surface area (Å²) in [7, 11) is 0. The fourth-order valence-electron chi connectivity index (χ4n) is 1.63. The van der Waals surface area contributed by atoms with Gasteiger partial charge in [0.25, 0.3) is 11.1 Å². The molecule has 2 N–H and O–H groups in total. The summed E-state index contributed by atoms with van der Waals surface area (Å²) < 4.78 is 0. The van der Waals surface area contributed by atoms with Crippen LogP contribution in [0.15, 0.2) is 23.1 Å². The van der Waals surface area contributed by atoms with Crippen LogP contribution in [-0.4, -0.2) is 29.1 Å². The minimum absolute atomic E-state index is 0.221. The molecule has 0 unspecified atom stereocenters. The van der Waals surface area contributed by atoms with E-state index >= 15 is 0 Å². The lowest BCUT2D eigenvalue weighted by atomic mass is 10.2. The SMILES string of the molecule is NCCN1C(=O)S/C(=C\c2cc(Cl)cc(Cl)c2)C1=O. The van der Waals surface area contributed by atoms with Crippen LogP contribution in [0.5, 0.6) is 0 Å². The van der Waals surface area contributed by atoms with E-state index in [-0.39, 0.29) is 24.2 Å². The Morgan fingerprint density at radius 2 is 1.84 bits per heavy atom. The summed E-state index contributed by atoms with van der Waals surface area (Å²) in [5, 5.41) is 0.634. The Bertz CT molecular complexity index is 555. The standard InChI is InChI=1S/C12H10Cl2N2O2S/c13-8-3-7(4-9(14)6-8)5-10-11(17)16(2-1-15)12(18)19-10/h3-6H,1-2,15H2/b10-5-. The molecule has 1 aliphatic rings. The quantitative estimate of drug-likeness (QED) is 0.871. The second-order valence-corrected chi connectivity index (χ2v) is 5.69. The molecule has 0 radical (unpaired) electrons. The van der Waals surface area contributed by atoms with Gasteiger partial charge in [0.1, 0.15) is 0 Å². The number of hydrogen-bond acceptors (Lipinski definition) is 4. The molecule has 1 fully saturated rings. The van der Waals surface area contributed by atoms with Crippen LogP contribution >= 0.6 is 35.0 Å². The zero-order chi connectivity index (χ0) is 14.0. The van der Waals surface area contributed by atoms with E-state index in [1.165, 1.54) is 0 Å². The third kappa shape index (κ3) is 3.30. The smallest absolute Gasteiger partial charge is 0.293 e. The molecule has 0 aliphatic carbocycles. The predicted molar refractivity (Wildman–Crippen MR) is 78.2 cm³/mol. The highest BCUT2D eigenvalue weighted by molar-refractivity contribution is 8.18. The number of rotatable bonds is 3. The van der Waals surface area contributed by atoms with Crippen molar-refractivity contribution in [1.82, 2.24) is 4.90 Å². The van der Waals surface area contributed by atoms with Crippen molar-refractivity contribution < 1.29 is 9.59 Å². The first-order valence-corrected chi connectivity index (χ1v) is 7.00. The average Bonchev–Trinajstić information content (AvgIpc) is 2.56. The van der Waals surface area contributed by atoms with E-state index in [0.717, 1.165) is 16.7 Å². The minimum Gasteiger partial charge on any atom is -0.329 e. The number of nitrogens with zero attached hydrogens (tertiary/aromatic N) is 1. The third-order valence-electron chi connectivity index (χ3n) is 2.41. The maximum atomic E-state index is 12.0. The summed E-state index contributed by atoms with van der Waals surface area (Å²) >= 11 is 12.6. The fraction of sp³-hybridized carbons (Fsp3) is 0.167. The van der Waals surface area contributed by atoms with Gasteiger partial charge in [-0.05, 0) is 41.6 Å². The van der Waals surface area contributed by atoms with Crippen LogP contribution < -0.4 is 5.73 Å². The molecule has 1 saturated heterocycles. The third-order valence-corrected chi connectivity index (χ3v) is 3.75. The van der Waals surface area contributed by atoms with Crippen LogP contribution in [0, 0.1) is 0 Å². The molecular formula is C12H10Cl2N2O2S. The second-order valence-electron chi connectivity index (χ2n) is 3.82. The van der Waals surface area contributed by atoms with Gasteiger partial charge in [-0.15, -0.1) is 0 Å². The van der Waals surface area contributed by atoms with Crippen LogP contribution in [-0.2, 0) is 4.79 Å². The van der Waals surface area contributed by atoms with Crippen molar-refractivity contribution in [2.45, 2.75) is 0 Å². The number of amides is 2. The molecule has 1 aromatic rings. The Morgan fingerprint density at radius 1 is 1.21 bits per heavy atom. The molecule has 0 atom stereocenters. The molecule has 0 aromatic heterocycles. The molecule has 2 rings (SSSR count). The second kappa shape index (κ2) is 5.96. The highest BCUT2D eigenvalue weighted by Crippen LogP contribution is 2.32. The molecule has 0 saturated carbocycles. The zero-order valence-corrected chi connectivity index (χ0v) is 12.1. The van der Waals surface area contributed by atoms with E-state index < -0.39 is 0 Å². The van der Waals surface area contributed by atoms with E-state index in [0.29, 0.717) is 20.5 Å². The van der Waals surface area contributed by atoms with E-state index in [4.69, 9.17) is 28.9 Å². The van der Waals surface area contributed by atoms with Crippen molar-refractivity contribution in [1.29, 1.82) is 0 Å². The van der Waals surface area contributed by atoms with E-state index in [9.17, 15) is 9.59 Å². The van der Waals surface area contributed by atoms with Gasteiger partial charge < -0.3 is 5.73 Å². The van der Waals surface area contributed by atoms with Crippen LogP contribution in [0.25, 0.3) is 6.08 Å². The van der Waals surface area contributed by atoms with Crippen molar-refractivity contribution >= 4 is 52.2 Å². The summed E-state index contributed by atoms with van der Waals surface area (Å²) in [6.45, 7) is 0.465. The Labute approximate surface area is 124 Å². The van der Waals surface area contributed by atoms with Crippen molar-refractivity contribution in [3.63, 3.8) is 0 Å². The normalized spacial score (nSPS) is 17.6. The topological polar surface area (TPSA) is 63.4 Å². The van der Waals surface area contributed by atoms with Gasteiger partial charge in [0.2, 0.25) is 0 Å². The number of imide groups is 1. The lowest BCUT2D eigenvalue weighted by molar-refractivity contribution is -0.122. The first kappa shape index (κ1) is 14.4. The lowest BCUT2D eigenvalue weighted by Gasteiger charge is -2.09. The van der Waals surface area contributed by atoms with E-state index in [1.54, 1.807) is 24.3 Å². The van der Waals surface area contributed by atoms with Gasteiger partial charge in [-0.3, -0.25) is 14.5 Å². The Hall–Kier alpha value is -1.01. The number of nitrogens with two attached hydrogens (primary N) is 1. The molecule has 2 amide bonds. The van der Waals surface area contributed by atoms with Crippen molar-refractivity contribution in [3.8, 4) is 0 Å². The summed E-state index contributed by atoms with van der Waals surface area (Å²) in [6.07, 6.45) is 1.60. The van der Waals surface area contributed by atoms with Crippen LogP contribution in [0.3, 0.4) is 0 Å². The molecule has 0 bridgehead atoms. The Balaban J connectivity index is 2.29. The highest BCUT2D eigenvalue weighted by atomic mass is 35.5. The van der Waals surface area contributed by atoms with Gasteiger partial charge in [0, 0.05) is 23.1 Å². The summed E-state index contributed by atoms with van der Waals surface area (Å²) in [6, 6.07) is 4.94. The number of thioether (sulfide) groups is 1. The van der Waals surface area contributed by atoms with E-state index in [1.807, 2.05) is 0 Å². The van der Waals surface area contributed by atoms with Gasteiger partial charge in [0.15, 0.2) is 0 Å². The molecule has 0 spiro atoms. The fourth-order valence-corrected chi connectivity index (χ4v) is 3.04. The Morgan fingerprint density at radius 3 is 2.42 bits per heavy atom. The summed E-state index contributed by atoms with van der Waals surface area (Å²) in [5.41, 5.74) is 6.04. The molecule has 7 heteroatoms. The highest BCUT2D eigenvalue weighted by Gasteiger charge is 2.34. The van der Waals surface area contributed by atoms with Gasteiger partial charge in [-0.1, -0.05) is 23.2 Å². The number of halogens is 2. The van der Waals surface area contributed by atoms with Gasteiger partial charge in [-0.2, -0.15) is 0 Å². The number of hydrogen-bond donors (Lipinski definition) is 1. The molecule has 19 heavy (non-hydrogen) atoms. The molecule has 100 valence electrons. The van der Waals surface area contributed by atoms with Gasteiger partial charge in [-0.25, -0.2) is 0 Å². The lowest BCUT2D eigenvalue weighted by Crippen LogP contribution is -2.33. The summed E-state index contributed by atoms with van der Waals surface area (Å²) in [4.78, 5) is 25.1. The van der Waals surface area contributed by atoms with Crippen molar-refractivity contribution in [2.24, 2.45) is 5.73 Å². The molecule has 4 nitrogen and oxygen atoms in total. The summed E-state index contributed by atoms with van der Waals surface area (Å²) in [5.74, 6) is -0.337. The predicted octanol–water partition coefficient (Wildman–Crippen LogP) is 2.99. The van der Waals surface area contributed by atoms with Gasteiger partial charge in [0.05, 0.1) is 4.91 Å². The molecule has 1 aromatic carbocycles. The van der Waals surface area contributed by atoms with Crippen LogP contribution in [0.4, 0.5) is 4.79 Å². The van der Waals surface area contributed by atoms with Crippen LogP contribution in [0.2, 0.25) is 10.0 Å². The first-order chi connectivity index (χ1) is 9.01. The van der Waals surface area contributed by atoms with E-state index in [2.05, 4.69) is 0 Å². The monoisotopic (exact) mass is 316 g/mol. The zero-order valence-electron chi connectivity index (χ0n) is 9.73. The maximum Gasteiger partial charge on any atom is 0.293 e. The number of carbonyl (C=O) groups is 2. The average molecular weight is 317 g/mol. The number of carbonyl (C=O) groups excluding carboxylic acids is 2. The minimum atomic E-state index is -0.337. The van der Waals surface area contributed by atoms with Crippen molar-refractivity contribution in [3.05, 3.63) is 38.7 Å². The molecular weight excluding hydrogens is 307 g/mol. The van der Waals surface area contributed by atoms with Gasteiger partial charge >= 0.3 is 0 Å². The first-order valence-electron chi connectivity index (χ1n) is 5.43. The largest absolute Gasteiger partial charge is 0.329 e.